The smallest absolute Gasteiger partial charge is 0.234 e. The molecule has 0 saturated carbocycles. The second-order valence-corrected chi connectivity index (χ2v) is 6.29. The summed E-state index contributed by atoms with van der Waals surface area (Å²) in [6.45, 7) is 6.13. The van der Waals surface area contributed by atoms with Gasteiger partial charge in [0.15, 0.2) is 0 Å². The Labute approximate surface area is 128 Å². The fourth-order valence-electron chi connectivity index (χ4n) is 2.31. The summed E-state index contributed by atoms with van der Waals surface area (Å²) in [4.78, 5) is 10.2. The molecule has 2 N–H and O–H groups in total. The monoisotopic (exact) mass is 298 g/mol. The maximum Gasteiger partial charge on any atom is 0.234 e. The van der Waals surface area contributed by atoms with Gasteiger partial charge in [-0.05, 0) is 44.5 Å². The van der Waals surface area contributed by atoms with E-state index in [4.69, 9.17) is 5.73 Å². The van der Waals surface area contributed by atoms with Crippen molar-refractivity contribution in [2.24, 2.45) is 0 Å². The van der Waals surface area contributed by atoms with Gasteiger partial charge >= 0.3 is 0 Å². The third-order valence-corrected chi connectivity index (χ3v) is 4.46. The van der Waals surface area contributed by atoms with Crippen LogP contribution in [0.3, 0.4) is 0 Å². The van der Waals surface area contributed by atoms with Crippen LogP contribution >= 0.6 is 11.8 Å². The molecule has 0 atom stereocenters. The molecule has 3 rings (SSSR count). The quantitative estimate of drug-likeness (QED) is 0.593. The summed E-state index contributed by atoms with van der Waals surface area (Å²) in [5, 5.41) is 0. The third-order valence-electron chi connectivity index (χ3n) is 3.36. The molecule has 2 heterocycles. The zero-order valence-corrected chi connectivity index (χ0v) is 13.2. The van der Waals surface area contributed by atoms with Gasteiger partial charge in [0.2, 0.25) is 5.78 Å². The second kappa shape index (κ2) is 5.41. The van der Waals surface area contributed by atoms with Crippen LogP contribution in [-0.2, 0) is 5.75 Å². The standard InChI is InChI=1S/C16H18N4S/c1-10-4-5-14(17)15(6-10)21-9-13-8-20-12(3)7-11(2)18-16(20)19-13/h4-8H,9,17H2,1-3H3. The van der Waals surface area contributed by atoms with E-state index >= 15 is 0 Å². The number of thioether (sulfide) groups is 1. The van der Waals surface area contributed by atoms with Gasteiger partial charge in [-0.1, -0.05) is 6.07 Å². The molecule has 108 valence electrons. The van der Waals surface area contributed by atoms with Gasteiger partial charge in [-0.15, -0.1) is 11.8 Å². The average molecular weight is 298 g/mol. The molecule has 2 aromatic heterocycles. The highest BCUT2D eigenvalue weighted by atomic mass is 32.2. The molecule has 5 heteroatoms. The van der Waals surface area contributed by atoms with Crippen LogP contribution in [0.1, 0.15) is 22.6 Å². The summed E-state index contributed by atoms with van der Waals surface area (Å²) in [5.74, 6) is 1.55. The first kappa shape index (κ1) is 13.9. The molecule has 0 fully saturated rings. The molecule has 0 aliphatic rings. The van der Waals surface area contributed by atoms with Crippen LogP contribution in [0.25, 0.3) is 5.78 Å². The number of aromatic nitrogens is 3. The van der Waals surface area contributed by atoms with Crippen molar-refractivity contribution in [1.82, 2.24) is 14.4 Å². The molecule has 0 bridgehead atoms. The van der Waals surface area contributed by atoms with Crippen LogP contribution in [-0.4, -0.2) is 14.4 Å². The lowest BCUT2D eigenvalue weighted by Gasteiger charge is -2.05. The lowest BCUT2D eigenvalue weighted by atomic mass is 10.2. The molecule has 21 heavy (non-hydrogen) atoms. The lowest BCUT2D eigenvalue weighted by Crippen LogP contribution is -1.94. The van der Waals surface area contributed by atoms with E-state index in [1.54, 1.807) is 11.8 Å². The van der Waals surface area contributed by atoms with Gasteiger partial charge in [-0.3, -0.25) is 4.40 Å². The van der Waals surface area contributed by atoms with E-state index in [-0.39, 0.29) is 0 Å². The Morgan fingerprint density at radius 3 is 2.76 bits per heavy atom. The Kier molecular flexibility index (Phi) is 3.59. The highest BCUT2D eigenvalue weighted by Crippen LogP contribution is 2.28. The van der Waals surface area contributed by atoms with Crippen LogP contribution in [0.15, 0.2) is 35.4 Å². The Balaban J connectivity index is 1.85. The predicted octanol–water partition coefficient (Wildman–Crippen LogP) is 3.53. The fourth-order valence-corrected chi connectivity index (χ4v) is 3.25. The summed E-state index contributed by atoms with van der Waals surface area (Å²) in [5.41, 5.74) is 11.2. The zero-order chi connectivity index (χ0) is 15.0. The van der Waals surface area contributed by atoms with E-state index in [0.717, 1.165) is 39.2 Å². The molecule has 0 unspecified atom stereocenters. The number of aryl methyl sites for hydroxylation is 3. The summed E-state index contributed by atoms with van der Waals surface area (Å²) in [6, 6.07) is 8.16. The van der Waals surface area contributed by atoms with Crippen molar-refractivity contribution in [1.29, 1.82) is 0 Å². The van der Waals surface area contributed by atoms with E-state index in [0.29, 0.717) is 0 Å². The first-order valence-corrected chi connectivity index (χ1v) is 7.82. The van der Waals surface area contributed by atoms with Gasteiger partial charge < -0.3 is 5.73 Å². The van der Waals surface area contributed by atoms with Crippen molar-refractivity contribution >= 4 is 23.2 Å². The van der Waals surface area contributed by atoms with Crippen LogP contribution in [0.2, 0.25) is 0 Å². The Bertz CT molecular complexity index is 807. The highest BCUT2D eigenvalue weighted by Gasteiger charge is 2.07. The van der Waals surface area contributed by atoms with Crippen LogP contribution in [0.4, 0.5) is 5.69 Å². The molecule has 3 aromatic rings. The summed E-state index contributed by atoms with van der Waals surface area (Å²) in [6.07, 6.45) is 2.05. The largest absolute Gasteiger partial charge is 0.398 e. The molecule has 0 saturated heterocycles. The van der Waals surface area contributed by atoms with Crippen molar-refractivity contribution in [2.75, 3.05) is 5.73 Å². The minimum atomic E-state index is 0.764. The van der Waals surface area contributed by atoms with E-state index in [9.17, 15) is 0 Å². The van der Waals surface area contributed by atoms with Crippen molar-refractivity contribution in [3.63, 3.8) is 0 Å². The van der Waals surface area contributed by atoms with Crippen molar-refractivity contribution in [3.05, 3.63) is 53.1 Å². The minimum absolute atomic E-state index is 0.764. The Hall–Kier alpha value is -2.01. The number of fused-ring (bicyclic) bond motifs is 1. The molecule has 1 aromatic carbocycles. The van der Waals surface area contributed by atoms with E-state index in [2.05, 4.69) is 42.1 Å². The maximum atomic E-state index is 6.01. The summed E-state index contributed by atoms with van der Waals surface area (Å²) >= 11 is 1.71. The number of nitrogens with two attached hydrogens (primary N) is 1. The number of rotatable bonds is 3. The second-order valence-electron chi connectivity index (χ2n) is 5.27. The number of hydrogen-bond donors (Lipinski definition) is 1. The number of hydrogen-bond acceptors (Lipinski definition) is 4. The molecule has 0 radical (unpaired) electrons. The van der Waals surface area contributed by atoms with Crippen LogP contribution in [0.5, 0.6) is 0 Å². The SMILES string of the molecule is Cc1ccc(N)c(SCc2cn3c(C)cc(C)nc3n2)c1. The molecular formula is C16H18N4S. The first-order valence-electron chi connectivity index (χ1n) is 6.84. The van der Waals surface area contributed by atoms with Gasteiger partial charge in [-0.25, -0.2) is 9.97 Å². The maximum absolute atomic E-state index is 6.01. The topological polar surface area (TPSA) is 56.2 Å². The minimum Gasteiger partial charge on any atom is -0.398 e. The molecule has 0 spiro atoms. The van der Waals surface area contributed by atoms with E-state index in [1.165, 1.54) is 5.56 Å². The van der Waals surface area contributed by atoms with Gasteiger partial charge in [0.1, 0.15) is 0 Å². The van der Waals surface area contributed by atoms with Gasteiger partial charge in [-0.2, -0.15) is 0 Å². The number of anilines is 1. The highest BCUT2D eigenvalue weighted by molar-refractivity contribution is 7.98. The van der Waals surface area contributed by atoms with Crippen molar-refractivity contribution in [3.8, 4) is 0 Å². The van der Waals surface area contributed by atoms with E-state index in [1.807, 2.05) is 23.5 Å². The Morgan fingerprint density at radius 2 is 1.95 bits per heavy atom. The number of imidazole rings is 1. The normalized spacial score (nSPS) is 11.2. The summed E-state index contributed by atoms with van der Waals surface area (Å²) < 4.78 is 2.03. The molecular weight excluding hydrogens is 280 g/mol. The van der Waals surface area contributed by atoms with Crippen LogP contribution in [0, 0.1) is 20.8 Å². The summed E-state index contributed by atoms with van der Waals surface area (Å²) in [7, 11) is 0. The first-order chi connectivity index (χ1) is 10.0. The van der Waals surface area contributed by atoms with Gasteiger partial charge in [0.05, 0.1) is 5.69 Å². The number of nitrogens with zero attached hydrogens (tertiary/aromatic N) is 3. The van der Waals surface area contributed by atoms with Crippen molar-refractivity contribution < 1.29 is 0 Å². The molecule has 4 nitrogen and oxygen atoms in total. The fraction of sp³-hybridized carbons (Fsp3) is 0.250. The van der Waals surface area contributed by atoms with Gasteiger partial charge in [0, 0.05) is 33.9 Å². The molecule has 0 aliphatic heterocycles. The molecule has 0 amide bonds. The Morgan fingerprint density at radius 1 is 1.14 bits per heavy atom. The van der Waals surface area contributed by atoms with Crippen LogP contribution < -0.4 is 5.73 Å². The van der Waals surface area contributed by atoms with Gasteiger partial charge in [0.25, 0.3) is 0 Å². The predicted molar refractivity (Wildman–Crippen MR) is 87.6 cm³/mol. The lowest BCUT2D eigenvalue weighted by molar-refractivity contribution is 1.01. The number of benzene rings is 1. The zero-order valence-electron chi connectivity index (χ0n) is 12.4. The third kappa shape index (κ3) is 2.88. The molecule has 0 aliphatic carbocycles. The number of nitrogen functional groups attached to an aromatic ring is 1. The average Bonchev–Trinajstić information content (AvgIpc) is 2.83. The van der Waals surface area contributed by atoms with E-state index < -0.39 is 0 Å². The van der Waals surface area contributed by atoms with Crippen molar-refractivity contribution in [2.45, 2.75) is 31.4 Å².